The summed E-state index contributed by atoms with van der Waals surface area (Å²) in [5.41, 5.74) is 8.69. The maximum Gasteiger partial charge on any atom is 0.303 e. The molecule has 0 aliphatic rings. The number of carboxylic acids is 1. The quantitative estimate of drug-likeness (QED) is 0.118. The van der Waals surface area contributed by atoms with E-state index in [1.54, 1.807) is 4.90 Å². The zero-order valence-electron chi connectivity index (χ0n) is 26.1. The third-order valence-electron chi connectivity index (χ3n) is 8.03. The van der Waals surface area contributed by atoms with Crippen LogP contribution in [0.3, 0.4) is 0 Å². The average molecular weight is 605 g/mol. The minimum Gasteiger partial charge on any atom is -0.481 e. The number of fused-ring (bicyclic) bond motifs is 1. The van der Waals surface area contributed by atoms with Gasteiger partial charge < -0.3 is 26.0 Å². The molecule has 9 nitrogen and oxygen atoms in total. The molecule has 1 heterocycles. The van der Waals surface area contributed by atoms with Crippen LogP contribution in [0.5, 0.6) is 0 Å². The topological polar surface area (TPSA) is 146 Å². The van der Waals surface area contributed by atoms with E-state index in [2.05, 4.69) is 17.2 Å². The molecule has 2 aromatic carbocycles. The maximum atomic E-state index is 14.3. The molecule has 5 N–H and O–H groups in total. The zero-order valence-corrected chi connectivity index (χ0v) is 26.1. The number of primary amides is 1. The molecule has 0 saturated carbocycles. The van der Waals surface area contributed by atoms with E-state index >= 15 is 0 Å². The first-order valence-electron chi connectivity index (χ1n) is 16.0. The SMILES string of the molecule is CCCCCC[C@@H](CC(N)=O)N(CCCC)C(=O)[C@H](CCCC(=O)O)NC(=O)c1c(Cc2ccccc2)[nH]c2ccccc12. The number of benzene rings is 2. The lowest BCUT2D eigenvalue weighted by Gasteiger charge is -2.34. The number of aliphatic carboxylic acids is 1. The highest BCUT2D eigenvalue weighted by Gasteiger charge is 2.32. The molecule has 3 rings (SSSR count). The van der Waals surface area contributed by atoms with Crippen molar-refractivity contribution in [2.75, 3.05) is 6.54 Å². The van der Waals surface area contributed by atoms with Crippen LogP contribution in [0.4, 0.5) is 0 Å². The van der Waals surface area contributed by atoms with Crippen LogP contribution in [0.15, 0.2) is 54.6 Å². The van der Waals surface area contributed by atoms with Gasteiger partial charge >= 0.3 is 5.97 Å². The lowest BCUT2D eigenvalue weighted by molar-refractivity contribution is -0.139. The third-order valence-corrected chi connectivity index (χ3v) is 8.03. The van der Waals surface area contributed by atoms with Crippen LogP contribution in [0, 0.1) is 0 Å². The molecule has 0 fully saturated rings. The monoisotopic (exact) mass is 604 g/mol. The summed E-state index contributed by atoms with van der Waals surface area (Å²) >= 11 is 0. The number of unbranched alkanes of at least 4 members (excludes halogenated alkanes) is 4. The number of carbonyl (C=O) groups is 4. The van der Waals surface area contributed by atoms with Crippen molar-refractivity contribution in [3.05, 3.63) is 71.4 Å². The van der Waals surface area contributed by atoms with Gasteiger partial charge in [-0.1, -0.05) is 94.5 Å². The largest absolute Gasteiger partial charge is 0.481 e. The van der Waals surface area contributed by atoms with Crippen LogP contribution in [0.2, 0.25) is 0 Å². The summed E-state index contributed by atoms with van der Waals surface area (Å²) in [5, 5.41) is 13.0. The molecular weight excluding hydrogens is 556 g/mol. The molecule has 0 unspecified atom stereocenters. The Morgan fingerprint density at radius 1 is 0.886 bits per heavy atom. The molecule has 0 aliphatic carbocycles. The number of rotatable bonds is 20. The molecule has 9 heteroatoms. The van der Waals surface area contributed by atoms with E-state index in [9.17, 15) is 24.3 Å². The average Bonchev–Trinajstić information content (AvgIpc) is 3.36. The van der Waals surface area contributed by atoms with Crippen LogP contribution in [0.25, 0.3) is 10.9 Å². The molecule has 3 amide bonds. The number of aromatic nitrogens is 1. The molecule has 3 aromatic rings. The Bertz CT molecular complexity index is 1370. The fourth-order valence-corrected chi connectivity index (χ4v) is 5.74. The number of amides is 3. The summed E-state index contributed by atoms with van der Waals surface area (Å²) in [4.78, 5) is 56.9. The number of hydrogen-bond donors (Lipinski definition) is 4. The minimum absolute atomic E-state index is 0.0427. The molecule has 238 valence electrons. The first kappa shape index (κ1) is 34.4. The van der Waals surface area contributed by atoms with Gasteiger partial charge in [-0.15, -0.1) is 0 Å². The fraction of sp³-hybridized carbons (Fsp3) is 0.486. The van der Waals surface area contributed by atoms with Crippen molar-refractivity contribution < 1.29 is 24.3 Å². The van der Waals surface area contributed by atoms with Crippen molar-refractivity contribution in [3.8, 4) is 0 Å². The van der Waals surface area contributed by atoms with E-state index in [0.717, 1.165) is 60.7 Å². The van der Waals surface area contributed by atoms with Gasteiger partial charge in [0, 0.05) is 48.4 Å². The van der Waals surface area contributed by atoms with Crippen molar-refractivity contribution in [1.29, 1.82) is 0 Å². The van der Waals surface area contributed by atoms with E-state index in [-0.39, 0.29) is 37.6 Å². The van der Waals surface area contributed by atoms with Crippen molar-refractivity contribution in [3.63, 3.8) is 0 Å². The fourth-order valence-electron chi connectivity index (χ4n) is 5.74. The Morgan fingerprint density at radius 2 is 1.59 bits per heavy atom. The highest BCUT2D eigenvalue weighted by Crippen LogP contribution is 2.26. The van der Waals surface area contributed by atoms with Gasteiger partial charge in [0.2, 0.25) is 11.8 Å². The molecule has 2 atom stereocenters. The summed E-state index contributed by atoms with van der Waals surface area (Å²) in [6, 6.07) is 16.0. The molecular formula is C35H48N4O5. The number of nitrogens with one attached hydrogen (secondary N) is 2. The van der Waals surface area contributed by atoms with E-state index < -0.39 is 23.8 Å². The Hall–Kier alpha value is -4.14. The van der Waals surface area contributed by atoms with Gasteiger partial charge in [-0.05, 0) is 37.3 Å². The van der Waals surface area contributed by atoms with Crippen molar-refractivity contribution in [2.45, 2.75) is 103 Å². The standard InChI is InChI=1S/C35H48N4O5/c1-3-5-7-11-17-26(24-31(36)40)39(22-6-4-2)35(44)29(20-14-21-32(41)42)38-34(43)33-27-18-12-13-19-28(27)37-30(33)23-25-15-9-8-10-16-25/h8-10,12-13,15-16,18-19,26,29,37H,3-7,11,14,17,20-24H2,1-2H3,(H2,36,40)(H,38,43)(H,41,42)/t26-,29-/m0/s1. The van der Waals surface area contributed by atoms with Crippen molar-refractivity contribution in [2.24, 2.45) is 5.73 Å². The number of hydrogen-bond acceptors (Lipinski definition) is 4. The molecule has 0 bridgehead atoms. The summed E-state index contributed by atoms with van der Waals surface area (Å²) < 4.78 is 0. The number of nitrogens with two attached hydrogens (primary N) is 1. The number of para-hydroxylation sites is 1. The molecule has 0 radical (unpaired) electrons. The number of carboxylic acid groups (broad SMARTS) is 1. The lowest BCUT2D eigenvalue weighted by Crippen LogP contribution is -2.53. The van der Waals surface area contributed by atoms with Crippen LogP contribution >= 0.6 is 0 Å². The predicted octanol–water partition coefficient (Wildman–Crippen LogP) is 5.96. The summed E-state index contributed by atoms with van der Waals surface area (Å²) in [7, 11) is 0. The van der Waals surface area contributed by atoms with Crippen LogP contribution in [-0.4, -0.2) is 57.3 Å². The predicted molar refractivity (Wildman–Crippen MR) is 173 cm³/mol. The zero-order chi connectivity index (χ0) is 31.9. The highest BCUT2D eigenvalue weighted by atomic mass is 16.4. The second kappa shape index (κ2) is 17.9. The van der Waals surface area contributed by atoms with E-state index in [1.165, 1.54) is 0 Å². The smallest absolute Gasteiger partial charge is 0.303 e. The van der Waals surface area contributed by atoms with Gasteiger partial charge in [0.1, 0.15) is 6.04 Å². The van der Waals surface area contributed by atoms with Gasteiger partial charge in [-0.2, -0.15) is 0 Å². The Labute approximate surface area is 260 Å². The van der Waals surface area contributed by atoms with Gasteiger partial charge in [-0.25, -0.2) is 0 Å². The second-order valence-corrected chi connectivity index (χ2v) is 11.6. The molecule has 0 aliphatic heterocycles. The number of nitrogens with zero attached hydrogens (tertiary/aromatic N) is 1. The maximum absolute atomic E-state index is 14.3. The lowest BCUT2D eigenvalue weighted by atomic mass is 9.99. The van der Waals surface area contributed by atoms with E-state index in [4.69, 9.17) is 5.73 Å². The number of H-pyrrole nitrogens is 1. The van der Waals surface area contributed by atoms with Gasteiger partial charge in [0.05, 0.1) is 5.56 Å². The van der Waals surface area contributed by atoms with E-state index in [0.29, 0.717) is 24.9 Å². The van der Waals surface area contributed by atoms with Gasteiger partial charge in [-0.3, -0.25) is 19.2 Å². The summed E-state index contributed by atoms with van der Waals surface area (Å²) in [5.74, 6) is -2.14. The van der Waals surface area contributed by atoms with Gasteiger partial charge in [0.25, 0.3) is 5.91 Å². The molecule has 1 aromatic heterocycles. The second-order valence-electron chi connectivity index (χ2n) is 11.6. The van der Waals surface area contributed by atoms with Crippen molar-refractivity contribution in [1.82, 2.24) is 15.2 Å². The summed E-state index contributed by atoms with van der Waals surface area (Å²) in [6.45, 7) is 4.59. The number of carbonyl (C=O) groups excluding carboxylic acids is 3. The third kappa shape index (κ3) is 10.2. The van der Waals surface area contributed by atoms with Gasteiger partial charge in [0.15, 0.2) is 0 Å². The first-order valence-corrected chi connectivity index (χ1v) is 16.0. The van der Waals surface area contributed by atoms with Crippen LogP contribution < -0.4 is 11.1 Å². The summed E-state index contributed by atoms with van der Waals surface area (Å²) in [6.07, 6.45) is 6.99. The van der Waals surface area contributed by atoms with Crippen LogP contribution in [-0.2, 0) is 20.8 Å². The molecule has 0 spiro atoms. The van der Waals surface area contributed by atoms with Crippen molar-refractivity contribution >= 4 is 34.6 Å². The normalized spacial score (nSPS) is 12.5. The Balaban J connectivity index is 1.95. The molecule has 44 heavy (non-hydrogen) atoms. The van der Waals surface area contributed by atoms with Crippen LogP contribution in [0.1, 0.15) is 106 Å². The number of aromatic amines is 1. The van der Waals surface area contributed by atoms with E-state index in [1.807, 2.05) is 61.5 Å². The molecule has 0 saturated heterocycles. The minimum atomic E-state index is -0.963. The highest BCUT2D eigenvalue weighted by molar-refractivity contribution is 6.09. The Morgan fingerprint density at radius 3 is 2.27 bits per heavy atom. The Kier molecular flexibility index (Phi) is 13.9. The first-order chi connectivity index (χ1) is 21.2.